The number of para-hydroxylation sites is 1. The van der Waals surface area contributed by atoms with Crippen LogP contribution < -0.4 is 9.61 Å². The van der Waals surface area contributed by atoms with Gasteiger partial charge in [-0.05, 0) is 25.5 Å². The monoisotopic (exact) mass is 590 g/mol. The number of cyclic esters (lactones) is 1. The summed E-state index contributed by atoms with van der Waals surface area (Å²) >= 11 is 0. The van der Waals surface area contributed by atoms with Crippen LogP contribution in [0.3, 0.4) is 0 Å². The number of Topliss-reactive ketones (excluding diaryl/α,β-unsaturated/α-hetero) is 1. The maximum absolute atomic E-state index is 13.7. The standard InChI is InChI=1S/C24H26F3N2O10P/c1-14-23(33)35-9-5-8-22(32)38-18-11-21(29-12-16(24(25,26)27)17(30)10-20(29)31)37-19(18)13-36-40(34,28-14)39-15-6-3-2-4-7-15/h2-4,6-7,12,14,18-19,21H,5,8-11,13H2,1H3,(H,28,34)/t14-,18-,19+,21+,40-/m0/s1. The fourth-order valence-electron chi connectivity index (χ4n) is 4.14. The molecule has 0 spiro atoms. The molecule has 2 saturated heterocycles. The first-order valence-corrected chi connectivity index (χ1v) is 13.8. The lowest BCUT2D eigenvalue weighted by molar-refractivity contribution is -0.156. The molecule has 12 nitrogen and oxygen atoms in total. The lowest BCUT2D eigenvalue weighted by Gasteiger charge is -2.30. The maximum Gasteiger partial charge on any atom is 0.459 e. The number of hydrogen-bond acceptors (Lipinski definition) is 10. The molecule has 4 rings (SSSR count). The number of alkyl halides is 3. The summed E-state index contributed by atoms with van der Waals surface area (Å²) in [5.41, 5.74) is -1.52. The van der Waals surface area contributed by atoms with Crippen LogP contribution in [0.1, 0.15) is 32.6 Å². The number of hydrogen-bond donors (Lipinski definition) is 1. The number of ketones is 1. The minimum Gasteiger partial charge on any atom is -0.465 e. The molecule has 3 aliphatic heterocycles. The Balaban J connectivity index is 1.60. The lowest BCUT2D eigenvalue weighted by atomic mass is 10.0. The van der Waals surface area contributed by atoms with Crippen molar-refractivity contribution in [2.24, 2.45) is 0 Å². The van der Waals surface area contributed by atoms with Crippen LogP contribution in [-0.2, 0) is 42.5 Å². The van der Waals surface area contributed by atoms with Gasteiger partial charge in [-0.15, -0.1) is 0 Å². The summed E-state index contributed by atoms with van der Waals surface area (Å²) in [5, 5.41) is 2.48. The number of carbonyl (C=O) groups is 4. The summed E-state index contributed by atoms with van der Waals surface area (Å²) in [6, 6.07) is 6.70. The molecule has 1 aromatic rings. The van der Waals surface area contributed by atoms with E-state index in [2.05, 4.69) is 5.09 Å². The van der Waals surface area contributed by atoms with Crippen molar-refractivity contribution >= 4 is 31.4 Å². The Labute approximate surface area is 226 Å². The number of nitrogens with zero attached hydrogens (tertiary/aromatic N) is 1. The highest BCUT2D eigenvalue weighted by Gasteiger charge is 2.48. The van der Waals surface area contributed by atoms with Gasteiger partial charge < -0.3 is 18.7 Å². The minimum absolute atomic E-state index is 0.0953. The average Bonchev–Trinajstić information content (AvgIpc) is 3.26. The minimum atomic E-state index is -5.00. The fourth-order valence-corrected chi connectivity index (χ4v) is 5.64. The number of esters is 2. The molecule has 16 heteroatoms. The van der Waals surface area contributed by atoms with Gasteiger partial charge in [-0.3, -0.25) is 28.6 Å². The van der Waals surface area contributed by atoms with E-state index in [-0.39, 0.29) is 31.6 Å². The van der Waals surface area contributed by atoms with Crippen molar-refractivity contribution in [1.29, 1.82) is 0 Å². The predicted octanol–water partition coefficient (Wildman–Crippen LogP) is 2.78. The largest absolute Gasteiger partial charge is 0.465 e. The molecule has 0 saturated carbocycles. The summed E-state index contributed by atoms with van der Waals surface area (Å²) in [6.07, 6.45) is -9.66. The highest BCUT2D eigenvalue weighted by atomic mass is 31.2. The topological polar surface area (TPSA) is 147 Å². The van der Waals surface area contributed by atoms with E-state index < -0.39 is 80.6 Å². The first kappa shape index (κ1) is 29.7. The van der Waals surface area contributed by atoms with Gasteiger partial charge in [-0.25, -0.2) is 4.57 Å². The number of allylic oxidation sites excluding steroid dienone is 1. The molecule has 0 bridgehead atoms. The van der Waals surface area contributed by atoms with Gasteiger partial charge in [0.25, 0.3) is 0 Å². The second kappa shape index (κ2) is 12.1. The number of rotatable bonds is 3. The van der Waals surface area contributed by atoms with Crippen LogP contribution in [0.5, 0.6) is 5.75 Å². The van der Waals surface area contributed by atoms with E-state index >= 15 is 0 Å². The van der Waals surface area contributed by atoms with Gasteiger partial charge in [0.15, 0.2) is 5.78 Å². The number of carbonyl (C=O) groups excluding carboxylic acids is 4. The molecule has 218 valence electrons. The van der Waals surface area contributed by atoms with E-state index in [0.717, 1.165) is 0 Å². The molecule has 0 unspecified atom stereocenters. The van der Waals surface area contributed by atoms with Gasteiger partial charge in [0.2, 0.25) is 5.91 Å². The highest BCUT2D eigenvalue weighted by Crippen LogP contribution is 2.46. The number of halogens is 3. The zero-order chi connectivity index (χ0) is 29.1. The third-order valence-corrected chi connectivity index (χ3v) is 7.74. The average molecular weight is 590 g/mol. The molecule has 1 N–H and O–H groups in total. The molecule has 1 amide bonds. The maximum atomic E-state index is 13.7. The Hall–Kier alpha value is -3.26. The van der Waals surface area contributed by atoms with Gasteiger partial charge in [0.05, 0.1) is 19.6 Å². The first-order valence-electron chi connectivity index (χ1n) is 12.3. The summed E-state index contributed by atoms with van der Waals surface area (Å²) in [7, 11) is -4.33. The van der Waals surface area contributed by atoms with Crippen LogP contribution in [0.4, 0.5) is 13.2 Å². The second-order valence-corrected chi connectivity index (χ2v) is 10.8. The van der Waals surface area contributed by atoms with E-state index in [1.165, 1.54) is 19.1 Å². The van der Waals surface area contributed by atoms with E-state index in [1.54, 1.807) is 18.2 Å². The predicted molar refractivity (Wildman–Crippen MR) is 127 cm³/mol. The number of nitrogens with one attached hydrogen (secondary N) is 1. The molecule has 1 aromatic carbocycles. The quantitative estimate of drug-likeness (QED) is 0.315. The number of fused-ring (bicyclic) bond motifs is 1. The number of ether oxygens (including phenoxy) is 3. The Bertz CT molecular complexity index is 1230. The van der Waals surface area contributed by atoms with Crippen molar-refractivity contribution in [3.63, 3.8) is 0 Å². The van der Waals surface area contributed by atoms with Crippen LogP contribution in [0.15, 0.2) is 42.1 Å². The van der Waals surface area contributed by atoms with E-state index in [1.807, 2.05) is 0 Å². The van der Waals surface area contributed by atoms with Gasteiger partial charge in [-0.1, -0.05) is 18.2 Å². The fraction of sp³-hybridized carbons (Fsp3) is 0.500. The molecule has 5 atom stereocenters. The Morgan fingerprint density at radius 3 is 2.52 bits per heavy atom. The van der Waals surface area contributed by atoms with Gasteiger partial charge in [-0.2, -0.15) is 18.3 Å². The third-order valence-electron chi connectivity index (χ3n) is 6.10. The summed E-state index contributed by atoms with van der Waals surface area (Å²) in [4.78, 5) is 49.7. The molecule has 2 fully saturated rings. The molecular formula is C24H26F3N2O10P. The molecule has 3 aliphatic rings. The van der Waals surface area contributed by atoms with Crippen molar-refractivity contribution in [3.8, 4) is 5.75 Å². The van der Waals surface area contributed by atoms with Crippen molar-refractivity contribution in [2.75, 3.05) is 13.2 Å². The van der Waals surface area contributed by atoms with Crippen LogP contribution in [0.25, 0.3) is 0 Å². The third kappa shape index (κ3) is 7.27. The second-order valence-electron chi connectivity index (χ2n) is 9.15. The zero-order valence-electron chi connectivity index (χ0n) is 21.1. The Kier molecular flexibility index (Phi) is 8.98. The van der Waals surface area contributed by atoms with Crippen LogP contribution >= 0.6 is 7.75 Å². The van der Waals surface area contributed by atoms with Gasteiger partial charge in [0, 0.05) is 19.0 Å². The Morgan fingerprint density at radius 1 is 1.10 bits per heavy atom. The lowest BCUT2D eigenvalue weighted by Crippen LogP contribution is -2.43. The van der Waals surface area contributed by atoms with Crippen LogP contribution in [0, 0.1) is 0 Å². The summed E-state index contributed by atoms with van der Waals surface area (Å²) in [6.45, 7) is 0.634. The molecule has 0 aromatic heterocycles. The van der Waals surface area contributed by atoms with Gasteiger partial charge in [0.1, 0.15) is 35.8 Å². The van der Waals surface area contributed by atoms with Gasteiger partial charge >= 0.3 is 25.9 Å². The molecule has 0 radical (unpaired) electrons. The van der Waals surface area contributed by atoms with Crippen molar-refractivity contribution in [2.45, 2.75) is 63.3 Å². The smallest absolute Gasteiger partial charge is 0.459 e. The normalized spacial score (nSPS) is 31.0. The highest BCUT2D eigenvalue weighted by molar-refractivity contribution is 7.52. The number of benzene rings is 1. The van der Waals surface area contributed by atoms with Crippen molar-refractivity contribution < 1.29 is 60.2 Å². The molecule has 3 heterocycles. The summed E-state index contributed by atoms with van der Waals surface area (Å²) in [5.74, 6) is -3.71. The molecule has 40 heavy (non-hydrogen) atoms. The van der Waals surface area contributed by atoms with E-state index in [0.29, 0.717) is 11.1 Å². The van der Waals surface area contributed by atoms with Crippen molar-refractivity contribution in [3.05, 3.63) is 42.1 Å². The van der Waals surface area contributed by atoms with Crippen molar-refractivity contribution in [1.82, 2.24) is 9.99 Å². The molecular weight excluding hydrogens is 564 g/mol. The van der Waals surface area contributed by atoms with Crippen LogP contribution in [0.2, 0.25) is 0 Å². The SMILES string of the molecule is C[C@@H]1N[P@@](=O)(Oc2ccccc2)OC[C@H]2O[C@@H](N3C=C(C(F)(F)F)C(=O)CC3=O)C[C@@H]2OC(=O)CCCOC1=O. The van der Waals surface area contributed by atoms with E-state index in [4.69, 9.17) is 23.3 Å². The zero-order valence-corrected chi connectivity index (χ0v) is 22.0. The van der Waals surface area contributed by atoms with Crippen LogP contribution in [-0.4, -0.2) is 72.4 Å². The Morgan fingerprint density at radius 2 is 1.82 bits per heavy atom. The molecule has 0 aliphatic carbocycles. The number of amides is 1. The first-order chi connectivity index (χ1) is 18.8. The van der Waals surface area contributed by atoms with E-state index in [9.17, 15) is 36.9 Å². The summed E-state index contributed by atoms with van der Waals surface area (Å²) < 4.78 is 81.1.